The minimum atomic E-state index is -0.630. The molecule has 0 aliphatic rings. The van der Waals surface area contributed by atoms with Crippen LogP contribution >= 0.6 is 0 Å². The molecule has 1 unspecified atom stereocenters. The van der Waals surface area contributed by atoms with Gasteiger partial charge in [0.1, 0.15) is 5.75 Å². The average molecular weight is 265 g/mol. The lowest BCUT2D eigenvalue weighted by Crippen LogP contribution is -2.46. The standard InChI is InChI=1S/C15H23NO3/c1-10(17)12-8-6-7-9-13(12)19-11(2)14(18)16-15(3,4)5/h6-11,17H,1-5H3,(H,16,18)/t10-,11?/m0/s1. The molecule has 0 fully saturated rings. The Bertz CT molecular complexity index is 435. The summed E-state index contributed by atoms with van der Waals surface area (Å²) in [7, 11) is 0. The lowest BCUT2D eigenvalue weighted by atomic mass is 10.1. The lowest BCUT2D eigenvalue weighted by molar-refractivity contribution is -0.128. The Morgan fingerprint density at radius 3 is 2.37 bits per heavy atom. The molecule has 0 aliphatic carbocycles. The molecule has 1 aromatic rings. The number of para-hydroxylation sites is 1. The van der Waals surface area contributed by atoms with Crippen molar-refractivity contribution in [3.05, 3.63) is 29.8 Å². The summed E-state index contributed by atoms with van der Waals surface area (Å²) >= 11 is 0. The summed E-state index contributed by atoms with van der Waals surface area (Å²) in [5, 5.41) is 12.5. The first-order valence-electron chi connectivity index (χ1n) is 6.46. The van der Waals surface area contributed by atoms with Gasteiger partial charge in [-0.1, -0.05) is 18.2 Å². The third kappa shape index (κ3) is 4.91. The van der Waals surface area contributed by atoms with Gasteiger partial charge in [-0.05, 0) is 40.7 Å². The second kappa shape index (κ2) is 6.06. The van der Waals surface area contributed by atoms with E-state index in [2.05, 4.69) is 5.32 Å². The van der Waals surface area contributed by atoms with Crippen molar-refractivity contribution in [2.45, 2.75) is 52.4 Å². The van der Waals surface area contributed by atoms with Gasteiger partial charge < -0.3 is 15.2 Å². The van der Waals surface area contributed by atoms with Crippen LogP contribution in [0.15, 0.2) is 24.3 Å². The van der Waals surface area contributed by atoms with Gasteiger partial charge in [0.15, 0.2) is 6.10 Å². The molecule has 2 atom stereocenters. The predicted molar refractivity (Wildman–Crippen MR) is 75.1 cm³/mol. The van der Waals surface area contributed by atoms with Gasteiger partial charge in [-0.2, -0.15) is 0 Å². The summed E-state index contributed by atoms with van der Waals surface area (Å²) in [6.45, 7) is 9.12. The summed E-state index contributed by atoms with van der Waals surface area (Å²) in [5.41, 5.74) is 0.385. The Labute approximate surface area is 114 Å². The highest BCUT2D eigenvalue weighted by Gasteiger charge is 2.21. The number of hydrogen-bond acceptors (Lipinski definition) is 3. The quantitative estimate of drug-likeness (QED) is 0.879. The number of carbonyl (C=O) groups excluding carboxylic acids is 1. The molecule has 0 aromatic heterocycles. The van der Waals surface area contributed by atoms with Crippen LogP contribution in [-0.4, -0.2) is 22.7 Å². The van der Waals surface area contributed by atoms with Gasteiger partial charge >= 0.3 is 0 Å². The largest absolute Gasteiger partial charge is 0.481 e. The van der Waals surface area contributed by atoms with Crippen molar-refractivity contribution in [1.29, 1.82) is 0 Å². The Kier molecular flexibility index (Phi) is 4.95. The molecule has 0 aliphatic heterocycles. The number of aliphatic hydroxyl groups is 1. The molecular weight excluding hydrogens is 242 g/mol. The Hall–Kier alpha value is -1.55. The zero-order chi connectivity index (χ0) is 14.6. The van der Waals surface area contributed by atoms with Crippen LogP contribution in [0.3, 0.4) is 0 Å². The molecule has 0 spiro atoms. The monoisotopic (exact) mass is 265 g/mol. The third-order valence-corrected chi connectivity index (χ3v) is 2.54. The van der Waals surface area contributed by atoms with Crippen molar-refractivity contribution in [2.75, 3.05) is 0 Å². The van der Waals surface area contributed by atoms with Gasteiger partial charge in [0.05, 0.1) is 6.10 Å². The Morgan fingerprint density at radius 1 is 1.26 bits per heavy atom. The van der Waals surface area contributed by atoms with Crippen LogP contribution in [-0.2, 0) is 4.79 Å². The zero-order valence-corrected chi connectivity index (χ0v) is 12.2. The number of hydrogen-bond donors (Lipinski definition) is 2. The van der Waals surface area contributed by atoms with E-state index in [4.69, 9.17) is 4.74 Å². The summed E-state index contributed by atoms with van der Waals surface area (Å²) < 4.78 is 5.64. The van der Waals surface area contributed by atoms with Crippen LogP contribution in [0.25, 0.3) is 0 Å². The molecule has 19 heavy (non-hydrogen) atoms. The first kappa shape index (κ1) is 15.5. The smallest absolute Gasteiger partial charge is 0.261 e. The fraction of sp³-hybridized carbons (Fsp3) is 0.533. The highest BCUT2D eigenvalue weighted by atomic mass is 16.5. The second-order valence-electron chi connectivity index (χ2n) is 5.71. The average Bonchev–Trinajstić information content (AvgIpc) is 2.27. The number of aliphatic hydroxyl groups excluding tert-OH is 1. The van der Waals surface area contributed by atoms with Crippen LogP contribution in [0, 0.1) is 0 Å². The maximum absolute atomic E-state index is 11.9. The van der Waals surface area contributed by atoms with Crippen LogP contribution in [0.5, 0.6) is 5.75 Å². The number of amides is 1. The van der Waals surface area contributed by atoms with Crippen molar-refractivity contribution in [3.8, 4) is 5.75 Å². The van der Waals surface area contributed by atoms with E-state index in [1.54, 1.807) is 26.0 Å². The topological polar surface area (TPSA) is 58.6 Å². The second-order valence-corrected chi connectivity index (χ2v) is 5.71. The molecule has 0 radical (unpaired) electrons. The number of benzene rings is 1. The fourth-order valence-electron chi connectivity index (χ4n) is 1.65. The van der Waals surface area contributed by atoms with Gasteiger partial charge in [-0.15, -0.1) is 0 Å². The summed E-state index contributed by atoms with van der Waals surface area (Å²) in [5.74, 6) is 0.363. The van der Waals surface area contributed by atoms with Gasteiger partial charge in [-0.3, -0.25) is 4.79 Å². The summed E-state index contributed by atoms with van der Waals surface area (Å²) in [4.78, 5) is 11.9. The molecule has 1 rings (SSSR count). The molecule has 4 heteroatoms. The number of ether oxygens (including phenoxy) is 1. The minimum absolute atomic E-state index is 0.173. The van der Waals surface area contributed by atoms with E-state index in [-0.39, 0.29) is 11.4 Å². The molecule has 1 amide bonds. The van der Waals surface area contributed by atoms with Crippen LogP contribution in [0.2, 0.25) is 0 Å². The van der Waals surface area contributed by atoms with Crippen molar-refractivity contribution in [2.24, 2.45) is 0 Å². The predicted octanol–water partition coefficient (Wildman–Crippen LogP) is 2.42. The van der Waals surface area contributed by atoms with Crippen LogP contribution in [0.1, 0.15) is 46.3 Å². The van der Waals surface area contributed by atoms with E-state index in [1.807, 2.05) is 32.9 Å². The minimum Gasteiger partial charge on any atom is -0.481 e. The fourth-order valence-corrected chi connectivity index (χ4v) is 1.65. The molecule has 4 nitrogen and oxygen atoms in total. The Morgan fingerprint density at radius 2 is 1.84 bits per heavy atom. The highest BCUT2D eigenvalue weighted by molar-refractivity contribution is 5.81. The van der Waals surface area contributed by atoms with Crippen molar-refractivity contribution in [1.82, 2.24) is 5.32 Å². The van der Waals surface area contributed by atoms with E-state index >= 15 is 0 Å². The van der Waals surface area contributed by atoms with E-state index in [0.717, 1.165) is 0 Å². The first-order valence-corrected chi connectivity index (χ1v) is 6.46. The maximum atomic E-state index is 11.9. The molecule has 0 bridgehead atoms. The normalized spacial score (nSPS) is 14.6. The van der Waals surface area contributed by atoms with Crippen molar-refractivity contribution < 1.29 is 14.6 Å². The first-order chi connectivity index (χ1) is 8.70. The summed E-state index contributed by atoms with van der Waals surface area (Å²) in [6.07, 6.45) is -1.24. The van der Waals surface area contributed by atoms with E-state index in [1.165, 1.54) is 0 Å². The molecule has 0 heterocycles. The van der Waals surface area contributed by atoms with Gasteiger partial charge in [0, 0.05) is 11.1 Å². The molecule has 2 N–H and O–H groups in total. The molecule has 1 aromatic carbocycles. The van der Waals surface area contributed by atoms with E-state index in [0.29, 0.717) is 11.3 Å². The SMILES string of the molecule is CC(Oc1ccccc1[C@H](C)O)C(=O)NC(C)(C)C. The van der Waals surface area contributed by atoms with Crippen LogP contribution < -0.4 is 10.1 Å². The molecule has 0 saturated heterocycles. The van der Waals surface area contributed by atoms with E-state index < -0.39 is 12.2 Å². The Balaban J connectivity index is 2.77. The van der Waals surface area contributed by atoms with Gasteiger partial charge in [-0.25, -0.2) is 0 Å². The maximum Gasteiger partial charge on any atom is 0.261 e. The van der Waals surface area contributed by atoms with Crippen molar-refractivity contribution in [3.63, 3.8) is 0 Å². The van der Waals surface area contributed by atoms with E-state index in [9.17, 15) is 9.90 Å². The number of nitrogens with one attached hydrogen (secondary N) is 1. The van der Waals surface area contributed by atoms with Crippen LogP contribution in [0.4, 0.5) is 0 Å². The summed E-state index contributed by atoms with van der Waals surface area (Å²) in [6, 6.07) is 7.18. The molecular formula is C15H23NO3. The number of rotatable bonds is 4. The van der Waals surface area contributed by atoms with Gasteiger partial charge in [0.25, 0.3) is 5.91 Å². The van der Waals surface area contributed by atoms with Gasteiger partial charge in [0.2, 0.25) is 0 Å². The van der Waals surface area contributed by atoms with Crippen molar-refractivity contribution >= 4 is 5.91 Å². The third-order valence-electron chi connectivity index (χ3n) is 2.54. The zero-order valence-electron chi connectivity index (χ0n) is 12.2. The lowest BCUT2D eigenvalue weighted by Gasteiger charge is -2.24. The molecule has 106 valence electrons. The highest BCUT2D eigenvalue weighted by Crippen LogP contribution is 2.25. The molecule has 0 saturated carbocycles. The number of carbonyl (C=O) groups is 1.